The van der Waals surface area contributed by atoms with E-state index in [0.29, 0.717) is 17.2 Å². The number of hydrogen-bond acceptors (Lipinski definition) is 6. The monoisotopic (exact) mass is 500 g/mol. The predicted octanol–water partition coefficient (Wildman–Crippen LogP) is 3.93. The number of aryl methyl sites for hydroxylation is 1. The fourth-order valence-corrected chi connectivity index (χ4v) is 4.67. The maximum Gasteiger partial charge on any atom is 0.257 e. The van der Waals surface area contributed by atoms with Gasteiger partial charge in [-0.25, -0.2) is 14.4 Å². The zero-order valence-corrected chi connectivity index (χ0v) is 20.8. The molecule has 8 nitrogen and oxygen atoms in total. The Labute approximate surface area is 215 Å². The number of aliphatic hydroxyl groups is 1. The van der Waals surface area contributed by atoms with Gasteiger partial charge in [0.2, 0.25) is 5.95 Å². The number of anilines is 3. The van der Waals surface area contributed by atoms with Crippen LogP contribution in [0.3, 0.4) is 0 Å². The molecule has 1 fully saturated rings. The van der Waals surface area contributed by atoms with E-state index in [1.807, 2.05) is 84.2 Å². The lowest BCUT2D eigenvalue weighted by Crippen LogP contribution is -2.47. The molecule has 5 rings (SSSR count). The van der Waals surface area contributed by atoms with Crippen LogP contribution in [0, 0.1) is 12.7 Å². The fraction of sp³-hybridized carbons (Fsp3) is 0.250. The van der Waals surface area contributed by atoms with Crippen LogP contribution in [0.2, 0.25) is 0 Å². The summed E-state index contributed by atoms with van der Waals surface area (Å²) < 4.78 is 15.0. The molecule has 1 aliphatic heterocycles. The largest absolute Gasteiger partial charge is 0.378 e. The van der Waals surface area contributed by atoms with E-state index < -0.39 is 17.8 Å². The Kier molecular flexibility index (Phi) is 6.87. The maximum absolute atomic E-state index is 13.1. The predicted molar refractivity (Wildman–Crippen MR) is 142 cm³/mol. The molecule has 190 valence electrons. The van der Waals surface area contributed by atoms with Gasteiger partial charge in [0.05, 0.1) is 12.4 Å². The van der Waals surface area contributed by atoms with Crippen molar-refractivity contribution in [3.05, 3.63) is 90.3 Å². The number of carbonyl (C=O) groups is 1. The number of nitrogens with zero attached hydrogens (tertiary/aromatic N) is 5. The van der Waals surface area contributed by atoms with Gasteiger partial charge in [-0.15, -0.1) is 0 Å². The second kappa shape index (κ2) is 10.4. The number of carbonyl (C=O) groups excluding carboxylic acids is 1. The SMILES string of the molecule is Cc1c(C(O)C(=O)Nc2ccc(N3CCN(c4ncc(F)cn4)CC3)cc2)c(-c2ccccc2)cn1C. The van der Waals surface area contributed by atoms with Gasteiger partial charge in [0.25, 0.3) is 5.91 Å². The van der Waals surface area contributed by atoms with Crippen LogP contribution >= 0.6 is 0 Å². The molecular weight excluding hydrogens is 471 g/mol. The van der Waals surface area contributed by atoms with Crippen molar-refractivity contribution < 1.29 is 14.3 Å². The lowest BCUT2D eigenvalue weighted by atomic mass is 9.98. The first-order chi connectivity index (χ1) is 17.9. The highest BCUT2D eigenvalue weighted by Gasteiger charge is 2.26. The minimum absolute atomic E-state index is 0.447. The van der Waals surface area contributed by atoms with Crippen molar-refractivity contribution in [2.45, 2.75) is 13.0 Å². The normalized spacial score (nSPS) is 14.5. The number of benzene rings is 2. The van der Waals surface area contributed by atoms with Crippen LogP contribution in [0.4, 0.5) is 21.7 Å². The highest BCUT2D eigenvalue weighted by atomic mass is 19.1. The number of amides is 1. The fourth-order valence-electron chi connectivity index (χ4n) is 4.67. The number of aliphatic hydroxyl groups excluding tert-OH is 1. The molecule has 3 heterocycles. The van der Waals surface area contributed by atoms with Crippen molar-refractivity contribution in [2.75, 3.05) is 41.3 Å². The molecule has 9 heteroatoms. The molecule has 0 aliphatic carbocycles. The van der Waals surface area contributed by atoms with Crippen molar-refractivity contribution in [2.24, 2.45) is 7.05 Å². The van der Waals surface area contributed by atoms with Crippen molar-refractivity contribution >= 4 is 23.2 Å². The molecule has 37 heavy (non-hydrogen) atoms. The third kappa shape index (κ3) is 5.17. The number of rotatable bonds is 6. The first-order valence-electron chi connectivity index (χ1n) is 12.2. The van der Waals surface area contributed by atoms with Crippen molar-refractivity contribution in [3.8, 4) is 11.1 Å². The number of halogens is 1. The minimum atomic E-state index is -1.31. The van der Waals surface area contributed by atoms with E-state index in [-0.39, 0.29) is 0 Å². The number of piperazine rings is 1. The van der Waals surface area contributed by atoms with Crippen molar-refractivity contribution in [1.29, 1.82) is 0 Å². The van der Waals surface area contributed by atoms with E-state index in [4.69, 9.17) is 0 Å². The molecule has 4 aromatic rings. The van der Waals surface area contributed by atoms with E-state index >= 15 is 0 Å². The summed E-state index contributed by atoms with van der Waals surface area (Å²) in [7, 11) is 1.90. The summed E-state index contributed by atoms with van der Waals surface area (Å²) in [6.07, 6.45) is 2.99. The average molecular weight is 501 g/mol. The number of aromatic nitrogens is 3. The van der Waals surface area contributed by atoms with E-state index in [1.54, 1.807) is 0 Å². The zero-order valence-electron chi connectivity index (χ0n) is 20.8. The van der Waals surface area contributed by atoms with Crippen LogP contribution < -0.4 is 15.1 Å². The van der Waals surface area contributed by atoms with Gasteiger partial charge in [-0.2, -0.15) is 0 Å². The molecular formula is C28H29FN6O2. The second-order valence-corrected chi connectivity index (χ2v) is 9.13. The van der Waals surface area contributed by atoms with Gasteiger partial charge in [0, 0.05) is 67.6 Å². The Morgan fingerprint density at radius 1 is 0.973 bits per heavy atom. The Bertz CT molecular complexity index is 1360. The standard InChI is InChI=1S/C28H29FN6O2/c1-19-25(24(18-33(19)2)20-6-4-3-5-7-20)26(36)27(37)32-22-8-10-23(11-9-22)34-12-14-35(15-13-34)28-30-16-21(29)17-31-28/h3-11,16-18,26,36H,12-15H2,1-2H3,(H,32,37). The van der Waals surface area contributed by atoms with Crippen molar-refractivity contribution in [3.63, 3.8) is 0 Å². The summed E-state index contributed by atoms with van der Waals surface area (Å²) in [6, 6.07) is 17.3. The van der Waals surface area contributed by atoms with Crippen LogP contribution in [0.25, 0.3) is 11.1 Å². The molecule has 1 unspecified atom stereocenters. The van der Waals surface area contributed by atoms with Gasteiger partial charge in [-0.05, 0) is 36.8 Å². The van der Waals surface area contributed by atoms with E-state index in [9.17, 15) is 14.3 Å². The quantitative estimate of drug-likeness (QED) is 0.417. The Morgan fingerprint density at radius 3 is 2.24 bits per heavy atom. The van der Waals surface area contributed by atoms with Gasteiger partial charge in [0.1, 0.15) is 0 Å². The van der Waals surface area contributed by atoms with Gasteiger partial charge in [0.15, 0.2) is 11.9 Å². The van der Waals surface area contributed by atoms with Crippen LogP contribution in [0.1, 0.15) is 17.4 Å². The summed E-state index contributed by atoms with van der Waals surface area (Å²) in [4.78, 5) is 25.4. The summed E-state index contributed by atoms with van der Waals surface area (Å²) in [5.41, 5.74) is 4.87. The van der Waals surface area contributed by atoms with Gasteiger partial charge in [-0.1, -0.05) is 30.3 Å². The van der Waals surface area contributed by atoms with Crippen LogP contribution in [0.15, 0.2) is 73.2 Å². The maximum atomic E-state index is 13.1. The van der Waals surface area contributed by atoms with Crippen LogP contribution in [0.5, 0.6) is 0 Å². The lowest BCUT2D eigenvalue weighted by Gasteiger charge is -2.36. The number of hydrogen-bond donors (Lipinski definition) is 2. The molecule has 1 aliphatic rings. The molecule has 0 saturated carbocycles. The first-order valence-corrected chi connectivity index (χ1v) is 12.2. The molecule has 2 N–H and O–H groups in total. The molecule has 0 spiro atoms. The smallest absolute Gasteiger partial charge is 0.257 e. The first kappa shape index (κ1) is 24.5. The summed E-state index contributed by atoms with van der Waals surface area (Å²) in [5, 5.41) is 13.9. The average Bonchev–Trinajstić information content (AvgIpc) is 3.23. The zero-order chi connectivity index (χ0) is 25.9. The summed E-state index contributed by atoms with van der Waals surface area (Å²) in [6.45, 7) is 4.86. The van der Waals surface area contributed by atoms with Gasteiger partial charge >= 0.3 is 0 Å². The molecule has 0 bridgehead atoms. The van der Waals surface area contributed by atoms with Crippen LogP contribution in [-0.2, 0) is 11.8 Å². The second-order valence-electron chi connectivity index (χ2n) is 9.13. The Hall–Kier alpha value is -4.24. The number of nitrogens with one attached hydrogen (secondary N) is 1. The summed E-state index contributed by atoms with van der Waals surface area (Å²) >= 11 is 0. The summed E-state index contributed by atoms with van der Waals surface area (Å²) in [5.74, 6) is -0.397. The van der Waals surface area contributed by atoms with E-state index in [1.165, 1.54) is 12.4 Å². The molecule has 2 aromatic heterocycles. The topological polar surface area (TPSA) is 86.5 Å². The molecule has 1 amide bonds. The highest BCUT2D eigenvalue weighted by molar-refractivity contribution is 5.96. The molecule has 1 atom stereocenters. The van der Waals surface area contributed by atoms with Crippen LogP contribution in [-0.4, -0.2) is 51.7 Å². The van der Waals surface area contributed by atoms with Gasteiger partial charge < -0.3 is 24.8 Å². The highest BCUT2D eigenvalue weighted by Crippen LogP contribution is 2.33. The van der Waals surface area contributed by atoms with Crippen molar-refractivity contribution in [1.82, 2.24) is 14.5 Å². The Balaban J connectivity index is 1.23. The molecule has 0 radical (unpaired) electrons. The van der Waals surface area contributed by atoms with Gasteiger partial charge in [-0.3, -0.25) is 4.79 Å². The third-order valence-electron chi connectivity index (χ3n) is 6.81. The molecule has 1 saturated heterocycles. The van der Waals surface area contributed by atoms with E-state index in [2.05, 4.69) is 20.2 Å². The van der Waals surface area contributed by atoms with E-state index in [0.717, 1.165) is 48.7 Å². The minimum Gasteiger partial charge on any atom is -0.378 e. The third-order valence-corrected chi connectivity index (χ3v) is 6.81. The molecule has 2 aromatic carbocycles. The Morgan fingerprint density at radius 2 is 1.59 bits per heavy atom. The lowest BCUT2D eigenvalue weighted by molar-refractivity contribution is -0.124.